The van der Waals surface area contributed by atoms with Crippen molar-refractivity contribution in [3.63, 3.8) is 0 Å². The van der Waals surface area contributed by atoms with Crippen molar-refractivity contribution in [2.24, 2.45) is 0 Å². The molecule has 0 saturated carbocycles. The van der Waals surface area contributed by atoms with Crippen molar-refractivity contribution in [3.8, 4) is 23.6 Å². The van der Waals surface area contributed by atoms with Gasteiger partial charge in [0.25, 0.3) is 0 Å². The molecule has 0 amide bonds. The van der Waals surface area contributed by atoms with E-state index in [2.05, 4.69) is 32.2 Å². The third-order valence-corrected chi connectivity index (χ3v) is 4.51. The van der Waals surface area contributed by atoms with E-state index in [0.29, 0.717) is 10.2 Å². The van der Waals surface area contributed by atoms with Crippen molar-refractivity contribution in [3.05, 3.63) is 46.6 Å². The molecule has 3 rings (SSSR count). The third kappa shape index (κ3) is 2.94. The molecule has 0 bridgehead atoms. The molecule has 23 heavy (non-hydrogen) atoms. The molecule has 0 saturated heterocycles. The Labute approximate surface area is 141 Å². The van der Waals surface area contributed by atoms with Crippen LogP contribution in [0, 0.1) is 12.3 Å². The zero-order chi connectivity index (χ0) is 16.6. The van der Waals surface area contributed by atoms with Crippen LogP contribution in [-0.4, -0.2) is 48.6 Å². The lowest BCUT2D eigenvalue weighted by atomic mass is 9.94. The van der Waals surface area contributed by atoms with Crippen molar-refractivity contribution in [2.45, 2.75) is 24.4 Å². The van der Waals surface area contributed by atoms with Crippen LogP contribution in [0.15, 0.2) is 41.0 Å². The maximum atomic E-state index is 10.2. The van der Waals surface area contributed by atoms with E-state index >= 15 is 0 Å². The molecule has 0 unspecified atom stereocenters. The SMILES string of the molecule is C#Cc1cccc(-c2cn([C@H]3C=C(Br)[C@@H](O)[C@@H](O)[C@@H]3O)nn2)c1. The van der Waals surface area contributed by atoms with Crippen LogP contribution in [0.25, 0.3) is 11.3 Å². The summed E-state index contributed by atoms with van der Waals surface area (Å²) in [5.41, 5.74) is 2.14. The first kappa shape index (κ1) is 15.9. The average molecular weight is 376 g/mol. The quantitative estimate of drug-likeness (QED) is 0.676. The van der Waals surface area contributed by atoms with E-state index in [1.54, 1.807) is 12.3 Å². The highest BCUT2D eigenvalue weighted by Crippen LogP contribution is 2.31. The van der Waals surface area contributed by atoms with Crippen LogP contribution in [0.3, 0.4) is 0 Å². The molecule has 118 valence electrons. The number of aromatic nitrogens is 3. The second-order valence-corrected chi connectivity index (χ2v) is 6.19. The Morgan fingerprint density at radius 2 is 2.00 bits per heavy atom. The van der Waals surface area contributed by atoms with Crippen molar-refractivity contribution in [1.82, 2.24) is 15.0 Å². The van der Waals surface area contributed by atoms with Crippen molar-refractivity contribution in [1.29, 1.82) is 0 Å². The Kier molecular flexibility index (Phi) is 4.33. The highest BCUT2D eigenvalue weighted by molar-refractivity contribution is 9.11. The summed E-state index contributed by atoms with van der Waals surface area (Å²) in [5.74, 6) is 2.56. The monoisotopic (exact) mass is 375 g/mol. The standard InChI is InChI=1S/C16H14BrN3O3/c1-2-9-4-3-5-10(6-9)12-8-20(19-18-12)13-7-11(17)14(21)16(23)15(13)22/h1,3-8,13-16,21-23H/t13-,14+,15+,16+/m0/s1. The molecule has 0 fully saturated rings. The van der Waals surface area contributed by atoms with Crippen LogP contribution in [0.5, 0.6) is 0 Å². The fourth-order valence-corrected chi connectivity index (χ4v) is 3.01. The maximum absolute atomic E-state index is 10.2. The molecule has 1 aromatic heterocycles. The predicted molar refractivity (Wildman–Crippen MR) is 87.5 cm³/mol. The zero-order valence-corrected chi connectivity index (χ0v) is 13.5. The Morgan fingerprint density at radius 3 is 2.74 bits per heavy atom. The van der Waals surface area contributed by atoms with Crippen LogP contribution < -0.4 is 0 Å². The summed E-state index contributed by atoms with van der Waals surface area (Å²) >= 11 is 3.19. The number of halogens is 1. The number of hydrogen-bond acceptors (Lipinski definition) is 5. The molecule has 6 nitrogen and oxygen atoms in total. The smallest absolute Gasteiger partial charge is 0.114 e. The third-order valence-electron chi connectivity index (χ3n) is 3.78. The molecule has 1 aliphatic rings. The predicted octanol–water partition coefficient (Wildman–Crippen LogP) is 0.843. The molecule has 1 aromatic carbocycles. The Bertz CT molecular complexity index is 796. The van der Waals surface area contributed by atoms with Crippen molar-refractivity contribution >= 4 is 15.9 Å². The van der Waals surface area contributed by atoms with Gasteiger partial charge >= 0.3 is 0 Å². The number of nitrogens with zero attached hydrogens (tertiary/aromatic N) is 3. The molecular weight excluding hydrogens is 362 g/mol. The van der Waals surface area contributed by atoms with Gasteiger partial charge in [-0.05, 0) is 18.2 Å². The van der Waals surface area contributed by atoms with Gasteiger partial charge in [-0.15, -0.1) is 11.5 Å². The van der Waals surface area contributed by atoms with Gasteiger partial charge in [0.15, 0.2) is 0 Å². The van der Waals surface area contributed by atoms with Crippen LogP contribution in [0.1, 0.15) is 11.6 Å². The summed E-state index contributed by atoms with van der Waals surface area (Å²) in [6.45, 7) is 0. The number of benzene rings is 1. The molecule has 0 spiro atoms. The van der Waals surface area contributed by atoms with Crippen LogP contribution in [-0.2, 0) is 0 Å². The minimum absolute atomic E-state index is 0.395. The van der Waals surface area contributed by atoms with Gasteiger partial charge in [0.1, 0.15) is 30.0 Å². The number of aliphatic hydroxyl groups is 3. The van der Waals surface area contributed by atoms with Gasteiger partial charge in [0.2, 0.25) is 0 Å². The van der Waals surface area contributed by atoms with Crippen molar-refractivity contribution in [2.75, 3.05) is 0 Å². The molecule has 1 aliphatic carbocycles. The summed E-state index contributed by atoms with van der Waals surface area (Å²) in [6, 6.07) is 6.68. The molecule has 2 aromatic rings. The van der Waals surface area contributed by atoms with Crippen LogP contribution in [0.4, 0.5) is 0 Å². The van der Waals surface area contributed by atoms with E-state index in [-0.39, 0.29) is 0 Å². The fourth-order valence-electron chi connectivity index (χ4n) is 2.47. The molecular formula is C16H14BrN3O3. The number of rotatable bonds is 2. The summed E-state index contributed by atoms with van der Waals surface area (Å²) in [4.78, 5) is 0. The maximum Gasteiger partial charge on any atom is 0.114 e. The topological polar surface area (TPSA) is 91.4 Å². The lowest BCUT2D eigenvalue weighted by molar-refractivity contribution is -0.0653. The van der Waals surface area contributed by atoms with E-state index in [1.807, 2.05) is 24.3 Å². The van der Waals surface area contributed by atoms with Crippen molar-refractivity contribution < 1.29 is 15.3 Å². The summed E-state index contributed by atoms with van der Waals surface area (Å²) in [7, 11) is 0. The first-order valence-corrected chi connectivity index (χ1v) is 7.71. The van der Waals surface area contributed by atoms with E-state index in [9.17, 15) is 15.3 Å². The average Bonchev–Trinajstić information content (AvgIpc) is 3.06. The minimum atomic E-state index is -1.31. The number of hydrogen-bond donors (Lipinski definition) is 3. The summed E-state index contributed by atoms with van der Waals surface area (Å²) < 4.78 is 1.84. The van der Waals surface area contributed by atoms with Gasteiger partial charge in [0.05, 0.1) is 6.20 Å². The summed E-state index contributed by atoms with van der Waals surface area (Å²) in [6.07, 6.45) is 4.98. The van der Waals surface area contributed by atoms with Gasteiger partial charge in [-0.3, -0.25) is 0 Å². The minimum Gasteiger partial charge on any atom is -0.388 e. The lowest BCUT2D eigenvalue weighted by Crippen LogP contribution is -2.45. The van der Waals surface area contributed by atoms with E-state index in [4.69, 9.17) is 6.42 Å². The van der Waals surface area contributed by atoms with Crippen LogP contribution in [0.2, 0.25) is 0 Å². The van der Waals surface area contributed by atoms with Gasteiger partial charge in [0, 0.05) is 15.6 Å². The molecule has 4 atom stereocenters. The second kappa shape index (κ2) is 6.26. The van der Waals surface area contributed by atoms with Gasteiger partial charge in [-0.1, -0.05) is 39.2 Å². The molecule has 1 heterocycles. The van der Waals surface area contributed by atoms with Gasteiger partial charge in [-0.2, -0.15) is 0 Å². The van der Waals surface area contributed by atoms with E-state index < -0.39 is 24.4 Å². The summed E-state index contributed by atoms with van der Waals surface area (Å²) in [5, 5.41) is 37.9. The first-order chi connectivity index (χ1) is 11.0. The number of aliphatic hydroxyl groups excluding tert-OH is 3. The highest BCUT2D eigenvalue weighted by Gasteiger charge is 2.38. The molecule has 7 heteroatoms. The highest BCUT2D eigenvalue weighted by atomic mass is 79.9. The van der Waals surface area contributed by atoms with Crippen LogP contribution >= 0.6 is 15.9 Å². The fraction of sp³-hybridized carbons (Fsp3) is 0.250. The molecule has 3 N–H and O–H groups in total. The largest absolute Gasteiger partial charge is 0.388 e. The second-order valence-electron chi connectivity index (χ2n) is 5.28. The Hall–Kier alpha value is -1.98. The normalized spacial score (nSPS) is 27.3. The first-order valence-electron chi connectivity index (χ1n) is 6.91. The van der Waals surface area contributed by atoms with E-state index in [0.717, 1.165) is 11.1 Å². The van der Waals surface area contributed by atoms with Gasteiger partial charge < -0.3 is 15.3 Å². The molecule has 0 aliphatic heterocycles. The van der Waals surface area contributed by atoms with Gasteiger partial charge in [-0.25, -0.2) is 4.68 Å². The number of terminal acetylenes is 1. The lowest BCUT2D eigenvalue weighted by Gasteiger charge is -2.32. The Morgan fingerprint density at radius 1 is 1.22 bits per heavy atom. The molecule has 0 radical (unpaired) electrons. The Balaban J connectivity index is 1.94. The van der Waals surface area contributed by atoms with E-state index in [1.165, 1.54) is 4.68 Å². The zero-order valence-electron chi connectivity index (χ0n) is 11.9.